The highest BCUT2D eigenvalue weighted by Crippen LogP contribution is 2.23. The van der Waals surface area contributed by atoms with Crippen LogP contribution < -0.4 is 0 Å². The van der Waals surface area contributed by atoms with Gasteiger partial charge in [0.2, 0.25) is 5.16 Å². The van der Waals surface area contributed by atoms with Crippen molar-refractivity contribution in [3.05, 3.63) is 51.8 Å². The average Bonchev–Trinajstić information content (AvgIpc) is 3.16. The minimum Gasteiger partial charge on any atom is -0.293 e. The number of nitrogens with zero attached hydrogens (tertiary/aromatic N) is 2. The highest BCUT2D eigenvalue weighted by atomic mass is 79.9. The lowest BCUT2D eigenvalue weighted by atomic mass is 10.2. The highest BCUT2D eigenvalue weighted by molar-refractivity contribution is 9.10. The van der Waals surface area contributed by atoms with Crippen LogP contribution in [-0.2, 0) is 0 Å². The number of halogens is 1. The number of thioether (sulfide) groups is 1. The summed E-state index contributed by atoms with van der Waals surface area (Å²) in [6, 6.07) is 11.3. The fraction of sp³-hybridized carbons (Fsp3) is 0.0714. The van der Waals surface area contributed by atoms with E-state index in [-0.39, 0.29) is 5.78 Å². The highest BCUT2D eigenvalue weighted by Gasteiger charge is 2.11. The Bertz CT molecular complexity index is 738. The summed E-state index contributed by atoms with van der Waals surface area (Å²) in [6.07, 6.45) is 0. The third-order valence-corrected chi connectivity index (χ3v) is 4.97. The number of aromatic nitrogens is 3. The predicted molar refractivity (Wildman–Crippen MR) is 88.9 cm³/mol. The van der Waals surface area contributed by atoms with E-state index in [2.05, 4.69) is 31.1 Å². The van der Waals surface area contributed by atoms with Crippen LogP contribution in [0.25, 0.3) is 10.7 Å². The van der Waals surface area contributed by atoms with E-state index in [1.54, 1.807) is 11.3 Å². The summed E-state index contributed by atoms with van der Waals surface area (Å²) in [4.78, 5) is 17.5. The fourth-order valence-corrected chi connectivity index (χ4v) is 3.30. The van der Waals surface area contributed by atoms with Gasteiger partial charge in [0.25, 0.3) is 0 Å². The Morgan fingerprint density at radius 2 is 2.10 bits per heavy atom. The Morgan fingerprint density at radius 1 is 1.29 bits per heavy atom. The molecule has 0 bridgehead atoms. The number of carbonyl (C=O) groups excluding carboxylic acids is 1. The summed E-state index contributed by atoms with van der Waals surface area (Å²) in [5.41, 5.74) is 0.694. The van der Waals surface area contributed by atoms with Gasteiger partial charge in [-0.05, 0) is 23.6 Å². The molecule has 0 aliphatic heterocycles. The monoisotopic (exact) mass is 379 g/mol. The quantitative estimate of drug-likeness (QED) is 0.531. The van der Waals surface area contributed by atoms with Crippen molar-refractivity contribution in [2.75, 3.05) is 5.75 Å². The molecular weight excluding hydrogens is 370 g/mol. The number of nitrogens with one attached hydrogen (secondary N) is 1. The SMILES string of the molecule is O=C(CSc1n[nH]c(-c2cccs2)n1)c1ccc(Br)cc1. The lowest BCUT2D eigenvalue weighted by Gasteiger charge is -1.99. The van der Waals surface area contributed by atoms with Gasteiger partial charge in [0.1, 0.15) is 0 Å². The molecule has 1 aromatic carbocycles. The van der Waals surface area contributed by atoms with Gasteiger partial charge < -0.3 is 0 Å². The van der Waals surface area contributed by atoms with Crippen molar-refractivity contribution in [2.45, 2.75) is 5.16 Å². The summed E-state index contributed by atoms with van der Waals surface area (Å²) < 4.78 is 0.960. The number of Topliss-reactive ketones (excluding diaryl/α,β-unsaturated/α-hetero) is 1. The summed E-state index contributed by atoms with van der Waals surface area (Å²) in [5.74, 6) is 1.13. The van der Waals surface area contributed by atoms with E-state index >= 15 is 0 Å². The van der Waals surface area contributed by atoms with Gasteiger partial charge in [-0.3, -0.25) is 9.89 Å². The third kappa shape index (κ3) is 3.61. The maximum Gasteiger partial charge on any atom is 0.209 e. The van der Waals surface area contributed by atoms with Crippen molar-refractivity contribution in [1.29, 1.82) is 0 Å². The summed E-state index contributed by atoms with van der Waals surface area (Å²) in [7, 11) is 0. The first-order valence-corrected chi connectivity index (χ1v) is 8.76. The standard InChI is InChI=1S/C14H10BrN3OS2/c15-10-5-3-9(4-6-10)11(19)8-21-14-16-13(17-18-14)12-2-1-7-20-12/h1-7H,8H2,(H,16,17,18). The van der Waals surface area contributed by atoms with Crippen molar-refractivity contribution in [1.82, 2.24) is 15.2 Å². The fourth-order valence-electron chi connectivity index (χ4n) is 1.68. The van der Waals surface area contributed by atoms with Crippen LogP contribution in [0.4, 0.5) is 0 Å². The van der Waals surface area contributed by atoms with Crippen molar-refractivity contribution in [3.8, 4) is 10.7 Å². The Balaban J connectivity index is 1.62. The lowest BCUT2D eigenvalue weighted by Crippen LogP contribution is -2.02. The van der Waals surface area contributed by atoms with E-state index in [0.29, 0.717) is 16.5 Å². The number of thiophene rings is 1. The van der Waals surface area contributed by atoms with Crippen molar-refractivity contribution in [2.24, 2.45) is 0 Å². The number of rotatable bonds is 5. The smallest absolute Gasteiger partial charge is 0.209 e. The van der Waals surface area contributed by atoms with Gasteiger partial charge in [0.05, 0.1) is 10.6 Å². The first-order valence-electron chi connectivity index (χ1n) is 6.10. The Hall–Kier alpha value is -1.44. The molecule has 0 radical (unpaired) electrons. The minimum absolute atomic E-state index is 0.0648. The molecule has 0 aliphatic rings. The first kappa shape index (κ1) is 14.5. The molecule has 3 rings (SSSR count). The number of H-pyrrole nitrogens is 1. The van der Waals surface area contributed by atoms with Crippen molar-refractivity contribution < 1.29 is 4.79 Å². The van der Waals surface area contributed by atoms with Crippen LogP contribution in [0.15, 0.2) is 51.4 Å². The van der Waals surface area contributed by atoms with Crippen LogP contribution in [0.5, 0.6) is 0 Å². The number of hydrogen-bond donors (Lipinski definition) is 1. The average molecular weight is 380 g/mol. The normalized spacial score (nSPS) is 10.7. The van der Waals surface area contributed by atoms with Gasteiger partial charge in [-0.2, -0.15) is 0 Å². The molecule has 106 valence electrons. The number of aromatic amines is 1. The van der Waals surface area contributed by atoms with Crippen molar-refractivity contribution in [3.63, 3.8) is 0 Å². The number of hydrogen-bond acceptors (Lipinski definition) is 5. The molecule has 0 aliphatic carbocycles. The summed E-state index contributed by atoms with van der Waals surface area (Å²) in [5, 5.41) is 9.59. The predicted octanol–water partition coefficient (Wildman–Crippen LogP) is 4.27. The summed E-state index contributed by atoms with van der Waals surface area (Å²) >= 11 is 6.29. The number of carbonyl (C=O) groups is 1. The first-order chi connectivity index (χ1) is 10.2. The molecule has 0 spiro atoms. The van der Waals surface area contributed by atoms with Gasteiger partial charge in [-0.15, -0.1) is 16.4 Å². The molecule has 0 unspecified atom stereocenters. The second-order valence-electron chi connectivity index (χ2n) is 4.16. The van der Waals surface area contributed by atoms with Crippen LogP contribution in [0, 0.1) is 0 Å². The number of benzene rings is 1. The molecule has 3 aromatic rings. The van der Waals surface area contributed by atoms with E-state index in [1.165, 1.54) is 11.8 Å². The van der Waals surface area contributed by atoms with Crippen LogP contribution >= 0.6 is 39.0 Å². The lowest BCUT2D eigenvalue weighted by molar-refractivity contribution is 0.102. The maximum atomic E-state index is 12.1. The largest absolute Gasteiger partial charge is 0.293 e. The molecule has 0 amide bonds. The van der Waals surface area contributed by atoms with Crippen LogP contribution in [0.1, 0.15) is 10.4 Å². The Kier molecular flexibility index (Phi) is 4.52. The van der Waals surface area contributed by atoms with E-state index in [4.69, 9.17) is 0 Å². The van der Waals surface area contributed by atoms with Crippen molar-refractivity contribution >= 4 is 44.8 Å². The number of ketones is 1. The summed E-state index contributed by atoms with van der Waals surface area (Å²) in [6.45, 7) is 0. The van der Waals surface area contributed by atoms with Gasteiger partial charge in [-0.1, -0.05) is 45.9 Å². The van der Waals surface area contributed by atoms with Gasteiger partial charge in [-0.25, -0.2) is 4.98 Å². The van der Waals surface area contributed by atoms with Crippen LogP contribution in [-0.4, -0.2) is 26.7 Å². The Morgan fingerprint density at radius 3 is 2.81 bits per heavy atom. The van der Waals surface area contributed by atoms with Gasteiger partial charge in [0, 0.05) is 10.0 Å². The van der Waals surface area contributed by atoms with Gasteiger partial charge >= 0.3 is 0 Å². The molecule has 0 saturated carbocycles. The zero-order valence-corrected chi connectivity index (χ0v) is 14.0. The molecule has 0 fully saturated rings. The van der Waals surface area contributed by atoms with Gasteiger partial charge in [0.15, 0.2) is 11.6 Å². The van der Waals surface area contributed by atoms with E-state index in [1.807, 2.05) is 41.8 Å². The van der Waals surface area contributed by atoms with Crippen LogP contribution in [0.3, 0.4) is 0 Å². The van der Waals surface area contributed by atoms with E-state index in [9.17, 15) is 4.79 Å². The molecule has 0 atom stereocenters. The minimum atomic E-state index is 0.0648. The molecule has 7 heteroatoms. The second kappa shape index (κ2) is 6.55. The molecule has 1 N–H and O–H groups in total. The molecule has 4 nitrogen and oxygen atoms in total. The van der Waals surface area contributed by atoms with Crippen LogP contribution in [0.2, 0.25) is 0 Å². The molecular formula is C14H10BrN3OS2. The molecule has 2 aromatic heterocycles. The third-order valence-electron chi connectivity index (χ3n) is 2.72. The zero-order chi connectivity index (χ0) is 14.7. The molecule has 0 saturated heterocycles. The molecule has 21 heavy (non-hydrogen) atoms. The van der Waals surface area contributed by atoms with E-state index in [0.717, 1.165) is 15.2 Å². The molecule has 2 heterocycles. The topological polar surface area (TPSA) is 58.6 Å². The Labute approximate surface area is 138 Å². The maximum absolute atomic E-state index is 12.1. The zero-order valence-electron chi connectivity index (χ0n) is 10.7. The van der Waals surface area contributed by atoms with E-state index < -0.39 is 0 Å². The second-order valence-corrected chi connectivity index (χ2v) is 6.97.